The van der Waals surface area contributed by atoms with Crippen LogP contribution in [0.4, 0.5) is 5.69 Å². The number of ether oxygens (including phenoxy) is 1. The Bertz CT molecular complexity index is 686. The Hall–Kier alpha value is -2.73. The van der Waals surface area contributed by atoms with Crippen molar-refractivity contribution in [2.75, 3.05) is 0 Å². The Labute approximate surface area is 133 Å². The summed E-state index contributed by atoms with van der Waals surface area (Å²) in [6.07, 6.45) is -0.876. The second-order valence-electron chi connectivity index (χ2n) is 5.02. The predicted molar refractivity (Wildman–Crippen MR) is 84.2 cm³/mol. The molecule has 2 aromatic rings. The van der Waals surface area contributed by atoms with Crippen LogP contribution >= 0.6 is 0 Å². The van der Waals surface area contributed by atoms with E-state index in [2.05, 4.69) is 0 Å². The maximum atomic E-state index is 12.2. The fourth-order valence-electron chi connectivity index (χ4n) is 2.37. The molecule has 0 fully saturated rings. The number of aliphatic hydroxyl groups excluding tert-OH is 1. The Kier molecular flexibility index (Phi) is 5.43. The van der Waals surface area contributed by atoms with Gasteiger partial charge in [-0.25, -0.2) is 4.79 Å². The first kappa shape index (κ1) is 16.6. The first-order chi connectivity index (χ1) is 11.0. The lowest BCUT2D eigenvalue weighted by atomic mass is 9.91. The third-order valence-corrected chi connectivity index (χ3v) is 3.56. The van der Waals surface area contributed by atoms with Crippen molar-refractivity contribution in [3.63, 3.8) is 0 Å². The van der Waals surface area contributed by atoms with E-state index in [1.807, 2.05) is 37.3 Å². The number of nitro benzene ring substituents is 1. The summed E-state index contributed by atoms with van der Waals surface area (Å²) in [5, 5.41) is 21.2. The standard InChI is InChI=1S/C17H17NO5/c1-2-13(12-8-4-3-5-9-12)16(19)17(20)23-15-11-7-6-10-14(15)18(21)22/h3-11,13,16,19H,2H2,1H3. The molecule has 0 radical (unpaired) electrons. The number of carbonyl (C=O) groups excluding carboxylic acids is 1. The molecule has 0 bridgehead atoms. The van der Waals surface area contributed by atoms with Crippen molar-refractivity contribution in [2.45, 2.75) is 25.4 Å². The predicted octanol–water partition coefficient (Wildman–Crippen LogP) is 3.05. The summed E-state index contributed by atoms with van der Waals surface area (Å²) in [6, 6.07) is 14.7. The maximum Gasteiger partial charge on any atom is 0.341 e. The van der Waals surface area contributed by atoms with Gasteiger partial charge in [0.15, 0.2) is 6.10 Å². The number of nitro groups is 1. The lowest BCUT2D eigenvalue weighted by Crippen LogP contribution is -2.31. The van der Waals surface area contributed by atoms with Gasteiger partial charge in [0.2, 0.25) is 5.75 Å². The fraction of sp³-hybridized carbons (Fsp3) is 0.235. The minimum Gasteiger partial charge on any atom is -0.417 e. The molecule has 0 aromatic heterocycles. The molecule has 2 rings (SSSR count). The molecule has 2 aromatic carbocycles. The van der Waals surface area contributed by atoms with Gasteiger partial charge in [-0.05, 0) is 18.1 Å². The van der Waals surface area contributed by atoms with Crippen LogP contribution in [0.5, 0.6) is 5.75 Å². The van der Waals surface area contributed by atoms with Gasteiger partial charge < -0.3 is 9.84 Å². The maximum absolute atomic E-state index is 12.2. The SMILES string of the molecule is CCC(c1ccccc1)C(O)C(=O)Oc1ccccc1[N+](=O)[O-]. The number of aliphatic hydroxyl groups is 1. The van der Waals surface area contributed by atoms with Crippen LogP contribution in [0.2, 0.25) is 0 Å². The molecule has 2 unspecified atom stereocenters. The molecule has 23 heavy (non-hydrogen) atoms. The second-order valence-corrected chi connectivity index (χ2v) is 5.02. The summed E-state index contributed by atoms with van der Waals surface area (Å²) in [5.74, 6) is -1.52. The van der Waals surface area contributed by atoms with Crippen molar-refractivity contribution in [3.8, 4) is 5.75 Å². The summed E-state index contributed by atoms with van der Waals surface area (Å²) in [6.45, 7) is 1.85. The minimum atomic E-state index is -1.40. The van der Waals surface area contributed by atoms with Crippen molar-refractivity contribution in [3.05, 3.63) is 70.3 Å². The molecule has 0 aliphatic carbocycles. The molecule has 0 aliphatic rings. The number of nitrogens with zero attached hydrogens (tertiary/aromatic N) is 1. The second kappa shape index (κ2) is 7.51. The summed E-state index contributed by atoms with van der Waals surface area (Å²) in [7, 11) is 0. The minimum absolute atomic E-state index is 0.176. The third kappa shape index (κ3) is 3.92. The largest absolute Gasteiger partial charge is 0.417 e. The Balaban J connectivity index is 2.18. The zero-order chi connectivity index (χ0) is 16.8. The van der Waals surface area contributed by atoms with E-state index in [0.29, 0.717) is 6.42 Å². The van der Waals surface area contributed by atoms with E-state index in [-0.39, 0.29) is 11.4 Å². The number of benzene rings is 2. The van der Waals surface area contributed by atoms with Gasteiger partial charge in [0, 0.05) is 12.0 Å². The highest BCUT2D eigenvalue weighted by atomic mass is 16.6. The fourth-order valence-corrected chi connectivity index (χ4v) is 2.37. The number of para-hydroxylation sites is 2. The van der Waals surface area contributed by atoms with Crippen molar-refractivity contribution in [1.82, 2.24) is 0 Å². The molecule has 6 nitrogen and oxygen atoms in total. The average molecular weight is 315 g/mol. The van der Waals surface area contributed by atoms with E-state index in [0.717, 1.165) is 5.56 Å². The highest BCUT2D eigenvalue weighted by molar-refractivity contribution is 5.79. The molecule has 0 saturated heterocycles. The van der Waals surface area contributed by atoms with Gasteiger partial charge in [-0.3, -0.25) is 10.1 Å². The van der Waals surface area contributed by atoms with Gasteiger partial charge in [-0.1, -0.05) is 49.4 Å². The van der Waals surface area contributed by atoms with Crippen molar-refractivity contribution >= 4 is 11.7 Å². The monoisotopic (exact) mass is 315 g/mol. The van der Waals surface area contributed by atoms with Crippen LogP contribution in [-0.2, 0) is 4.79 Å². The van der Waals surface area contributed by atoms with Crippen LogP contribution in [0.1, 0.15) is 24.8 Å². The van der Waals surface area contributed by atoms with E-state index >= 15 is 0 Å². The smallest absolute Gasteiger partial charge is 0.341 e. The lowest BCUT2D eigenvalue weighted by molar-refractivity contribution is -0.385. The lowest BCUT2D eigenvalue weighted by Gasteiger charge is -2.20. The normalized spacial score (nSPS) is 13.1. The van der Waals surface area contributed by atoms with Gasteiger partial charge in [0.05, 0.1) is 4.92 Å². The first-order valence-corrected chi connectivity index (χ1v) is 7.22. The average Bonchev–Trinajstić information content (AvgIpc) is 2.56. The molecule has 2 atom stereocenters. The molecular weight excluding hydrogens is 298 g/mol. The third-order valence-electron chi connectivity index (χ3n) is 3.56. The van der Waals surface area contributed by atoms with Gasteiger partial charge in [0.1, 0.15) is 0 Å². The van der Waals surface area contributed by atoms with E-state index < -0.39 is 22.9 Å². The molecule has 6 heteroatoms. The molecule has 0 heterocycles. The van der Waals surface area contributed by atoms with Crippen LogP contribution in [-0.4, -0.2) is 22.1 Å². The molecule has 0 saturated carbocycles. The Morgan fingerprint density at radius 2 is 1.78 bits per heavy atom. The number of carbonyl (C=O) groups is 1. The summed E-state index contributed by atoms with van der Waals surface area (Å²) >= 11 is 0. The molecule has 0 aliphatic heterocycles. The van der Waals surface area contributed by atoms with Gasteiger partial charge in [0.25, 0.3) is 0 Å². The molecule has 0 spiro atoms. The quantitative estimate of drug-likeness (QED) is 0.383. The van der Waals surface area contributed by atoms with E-state index in [1.54, 1.807) is 0 Å². The van der Waals surface area contributed by atoms with Crippen molar-refractivity contribution in [1.29, 1.82) is 0 Å². The van der Waals surface area contributed by atoms with Crippen LogP contribution in [0.25, 0.3) is 0 Å². The zero-order valence-electron chi connectivity index (χ0n) is 12.6. The van der Waals surface area contributed by atoms with Crippen LogP contribution in [0, 0.1) is 10.1 Å². The Morgan fingerprint density at radius 3 is 2.39 bits per heavy atom. The Morgan fingerprint density at radius 1 is 1.17 bits per heavy atom. The highest BCUT2D eigenvalue weighted by Gasteiger charge is 2.29. The molecule has 120 valence electrons. The van der Waals surface area contributed by atoms with Crippen molar-refractivity contribution in [2.24, 2.45) is 0 Å². The van der Waals surface area contributed by atoms with Gasteiger partial charge in [-0.15, -0.1) is 0 Å². The zero-order valence-corrected chi connectivity index (χ0v) is 12.6. The number of rotatable bonds is 6. The number of esters is 1. The summed E-state index contributed by atoms with van der Waals surface area (Å²) < 4.78 is 5.04. The van der Waals surface area contributed by atoms with Crippen LogP contribution in [0.3, 0.4) is 0 Å². The molecule has 1 N–H and O–H groups in total. The summed E-state index contributed by atoms with van der Waals surface area (Å²) in [5.41, 5.74) is 0.489. The van der Waals surface area contributed by atoms with Crippen LogP contribution in [0.15, 0.2) is 54.6 Å². The van der Waals surface area contributed by atoms with E-state index in [9.17, 15) is 20.0 Å². The molecular formula is C17H17NO5. The van der Waals surface area contributed by atoms with E-state index in [1.165, 1.54) is 24.3 Å². The van der Waals surface area contributed by atoms with Crippen molar-refractivity contribution < 1.29 is 19.6 Å². The van der Waals surface area contributed by atoms with E-state index in [4.69, 9.17) is 4.74 Å². The molecule has 0 amide bonds. The van der Waals surface area contributed by atoms with Gasteiger partial charge in [-0.2, -0.15) is 0 Å². The highest BCUT2D eigenvalue weighted by Crippen LogP contribution is 2.28. The summed E-state index contributed by atoms with van der Waals surface area (Å²) in [4.78, 5) is 22.5. The van der Waals surface area contributed by atoms with Crippen LogP contribution < -0.4 is 4.74 Å². The first-order valence-electron chi connectivity index (χ1n) is 7.22. The van der Waals surface area contributed by atoms with Gasteiger partial charge >= 0.3 is 11.7 Å². The number of hydrogen-bond acceptors (Lipinski definition) is 5. The number of hydrogen-bond donors (Lipinski definition) is 1. The topological polar surface area (TPSA) is 89.7 Å².